The first-order chi connectivity index (χ1) is 14.5. The molecule has 8 heteroatoms. The van der Waals surface area contributed by atoms with Gasteiger partial charge in [0.05, 0.1) is 6.61 Å². The predicted molar refractivity (Wildman–Crippen MR) is 119 cm³/mol. The van der Waals surface area contributed by atoms with Gasteiger partial charge in [-0.2, -0.15) is 0 Å². The van der Waals surface area contributed by atoms with Gasteiger partial charge in [-0.15, -0.1) is 0 Å². The largest absolute Gasteiger partial charge is 1.00 e. The van der Waals surface area contributed by atoms with Gasteiger partial charge in [0, 0.05) is 25.8 Å². The number of hydrogen-bond donors (Lipinski definition) is 1. The van der Waals surface area contributed by atoms with E-state index in [1.54, 1.807) is 0 Å². The predicted octanol–water partition coefficient (Wildman–Crippen LogP) is 1.46. The van der Waals surface area contributed by atoms with E-state index in [0.717, 1.165) is 38.5 Å². The first-order valence-corrected chi connectivity index (χ1v) is 12.6. The summed E-state index contributed by atoms with van der Waals surface area (Å²) in [5.41, 5.74) is 0. The maximum atomic E-state index is 11.5. The summed E-state index contributed by atoms with van der Waals surface area (Å²) in [7, 11) is -4.69. The van der Waals surface area contributed by atoms with Gasteiger partial charge in [0.2, 0.25) is 16.3 Å². The molecule has 0 fully saturated rings. The van der Waals surface area contributed by atoms with Gasteiger partial charge >= 0.3 is 29.6 Å². The van der Waals surface area contributed by atoms with Crippen molar-refractivity contribution in [2.75, 3.05) is 13.2 Å². The van der Waals surface area contributed by atoms with E-state index in [9.17, 15) is 17.8 Å². The van der Waals surface area contributed by atoms with Crippen molar-refractivity contribution in [1.29, 1.82) is 0 Å². The third-order valence-electron chi connectivity index (χ3n) is 4.50. The van der Waals surface area contributed by atoms with E-state index in [2.05, 4.69) is 40.1 Å². The van der Waals surface area contributed by atoms with Gasteiger partial charge in [0.15, 0.2) is 0 Å². The second-order valence-corrected chi connectivity index (χ2v) is 8.38. The van der Waals surface area contributed by atoms with E-state index in [-0.39, 0.29) is 48.6 Å². The van der Waals surface area contributed by atoms with Crippen molar-refractivity contribution < 1.29 is 51.5 Å². The molecule has 0 unspecified atom stereocenters. The fourth-order valence-corrected chi connectivity index (χ4v) is 3.12. The zero-order valence-corrected chi connectivity index (χ0v) is 22.3. The number of nitrogens with one attached hydrogen (secondary N) is 1. The topological polar surface area (TPSA) is 95.5 Å². The summed E-state index contributed by atoms with van der Waals surface area (Å²) < 4.78 is 34.7. The van der Waals surface area contributed by atoms with E-state index in [1.807, 2.05) is 0 Å². The second-order valence-electron chi connectivity index (χ2n) is 7.32. The third kappa shape index (κ3) is 29.5. The molecular weight excluding hydrogens is 425 g/mol. The molecule has 31 heavy (non-hydrogen) atoms. The van der Waals surface area contributed by atoms with Crippen LogP contribution >= 0.6 is 0 Å². The molecule has 6 nitrogen and oxygen atoms in total. The molecule has 0 bridgehead atoms. The Balaban J connectivity index is 0. The standard InChI is InChI=1S/C23H39NO5S.Na/c1-2-3-4-5-6-7-8-9-10-11-12-13-14-15-16-17-18-19-20-23(25)24-21-22-29-30(26,27)28;/h2-10,15-22H2,1H3,(H,24,25)(H,26,27,28);/q;+1/p-1. The minimum atomic E-state index is -4.69. The van der Waals surface area contributed by atoms with Crippen molar-refractivity contribution in [2.45, 2.75) is 103 Å². The SMILES string of the molecule is CCCCCCCCCCC#CC#CCCCCCCC(=O)NCCOS(=O)(=O)[O-].[Na+]. The van der Waals surface area contributed by atoms with E-state index in [4.69, 9.17) is 0 Å². The van der Waals surface area contributed by atoms with Gasteiger partial charge in [-0.05, 0) is 31.1 Å². The van der Waals surface area contributed by atoms with Crippen LogP contribution in [-0.4, -0.2) is 32.0 Å². The molecule has 172 valence electrons. The summed E-state index contributed by atoms with van der Waals surface area (Å²) >= 11 is 0. The Hall–Kier alpha value is -0.540. The van der Waals surface area contributed by atoms with Gasteiger partial charge in [0.25, 0.3) is 0 Å². The number of carbonyl (C=O) groups is 1. The van der Waals surface area contributed by atoms with Crippen molar-refractivity contribution >= 4 is 16.3 Å². The Morgan fingerprint density at radius 1 is 0.839 bits per heavy atom. The molecule has 0 spiro atoms. The van der Waals surface area contributed by atoms with Gasteiger partial charge in [-0.25, -0.2) is 8.42 Å². The average Bonchev–Trinajstić information content (AvgIpc) is 2.69. The Bertz CT molecular complexity index is 659. The molecule has 1 N–H and O–H groups in total. The van der Waals surface area contributed by atoms with Gasteiger partial charge in [-0.3, -0.25) is 8.98 Å². The van der Waals surface area contributed by atoms with Crippen LogP contribution in [0.4, 0.5) is 0 Å². The van der Waals surface area contributed by atoms with Crippen LogP contribution in [0.3, 0.4) is 0 Å². The number of unbranched alkanes of at least 4 members (excludes halogenated alkanes) is 12. The first-order valence-electron chi connectivity index (χ1n) is 11.3. The number of amides is 1. The summed E-state index contributed by atoms with van der Waals surface area (Å²) in [6.45, 7) is 1.92. The Morgan fingerprint density at radius 2 is 1.32 bits per heavy atom. The molecule has 0 aromatic rings. The smallest absolute Gasteiger partial charge is 0.726 e. The molecule has 0 saturated heterocycles. The zero-order chi connectivity index (χ0) is 22.3. The number of rotatable bonds is 18. The summed E-state index contributed by atoms with van der Waals surface area (Å²) in [5.74, 6) is 11.9. The fraction of sp³-hybridized carbons (Fsp3) is 0.783. The Morgan fingerprint density at radius 3 is 1.84 bits per heavy atom. The summed E-state index contributed by atoms with van der Waals surface area (Å²) in [6, 6.07) is 0. The van der Waals surface area contributed by atoms with Gasteiger partial charge < -0.3 is 9.87 Å². The van der Waals surface area contributed by atoms with E-state index in [1.165, 1.54) is 51.4 Å². The quantitative estimate of drug-likeness (QED) is 0.109. The summed E-state index contributed by atoms with van der Waals surface area (Å²) in [4.78, 5) is 11.5. The molecule has 0 aromatic carbocycles. The molecule has 0 saturated carbocycles. The molecule has 0 aliphatic carbocycles. The molecule has 0 aliphatic heterocycles. The first kappa shape index (κ1) is 32.6. The molecule has 0 rings (SSSR count). The zero-order valence-electron chi connectivity index (χ0n) is 19.5. The van der Waals surface area contributed by atoms with Crippen molar-refractivity contribution in [1.82, 2.24) is 5.32 Å². The maximum absolute atomic E-state index is 11.5. The molecule has 0 heterocycles. The molecule has 0 atom stereocenters. The second kappa shape index (κ2) is 24.1. The molecule has 0 aliphatic rings. The maximum Gasteiger partial charge on any atom is 1.00 e. The van der Waals surface area contributed by atoms with Gasteiger partial charge in [-0.1, -0.05) is 76.6 Å². The average molecular weight is 464 g/mol. The van der Waals surface area contributed by atoms with Crippen LogP contribution in [0.25, 0.3) is 0 Å². The Kier molecular flexibility index (Phi) is 25.4. The van der Waals surface area contributed by atoms with Gasteiger partial charge in [0.1, 0.15) is 0 Å². The molecule has 1 amide bonds. The summed E-state index contributed by atoms with van der Waals surface area (Å²) in [5, 5.41) is 2.51. The van der Waals surface area contributed by atoms with Crippen molar-refractivity contribution in [3.05, 3.63) is 0 Å². The normalized spacial score (nSPS) is 10.3. The molecule has 0 radical (unpaired) electrons. The van der Waals surface area contributed by atoms with Crippen LogP contribution in [0.15, 0.2) is 0 Å². The number of hydrogen-bond acceptors (Lipinski definition) is 5. The Labute approximate surface area is 212 Å². The van der Waals surface area contributed by atoms with Crippen LogP contribution < -0.4 is 34.9 Å². The van der Waals surface area contributed by atoms with E-state index >= 15 is 0 Å². The fourth-order valence-electron chi connectivity index (χ4n) is 2.84. The van der Waals surface area contributed by atoms with E-state index < -0.39 is 10.4 Å². The van der Waals surface area contributed by atoms with E-state index in [0.29, 0.717) is 6.42 Å². The van der Waals surface area contributed by atoms with Crippen LogP contribution in [0.5, 0.6) is 0 Å². The van der Waals surface area contributed by atoms with Crippen molar-refractivity contribution in [2.24, 2.45) is 0 Å². The molecule has 0 aromatic heterocycles. The van der Waals surface area contributed by atoms with Crippen molar-refractivity contribution in [3.8, 4) is 23.7 Å². The molecular formula is C23H38NNaO5S. The van der Waals surface area contributed by atoms with Crippen LogP contribution in [0.1, 0.15) is 103 Å². The number of carbonyl (C=O) groups excluding carboxylic acids is 1. The van der Waals surface area contributed by atoms with Crippen LogP contribution in [0, 0.1) is 23.7 Å². The monoisotopic (exact) mass is 463 g/mol. The third-order valence-corrected chi connectivity index (χ3v) is 4.96. The van der Waals surface area contributed by atoms with Crippen molar-refractivity contribution in [3.63, 3.8) is 0 Å². The van der Waals surface area contributed by atoms with Crippen LogP contribution in [-0.2, 0) is 19.4 Å². The van der Waals surface area contributed by atoms with Crippen LogP contribution in [0.2, 0.25) is 0 Å². The summed E-state index contributed by atoms with van der Waals surface area (Å²) in [6.07, 6.45) is 16.3. The minimum absolute atomic E-state index is 0. The minimum Gasteiger partial charge on any atom is -0.726 e.